The molecule has 0 fully saturated rings. The number of benzene rings is 3. The molecule has 0 saturated carbocycles. The Kier molecular flexibility index (Phi) is 7.15. The summed E-state index contributed by atoms with van der Waals surface area (Å²) in [4.78, 5) is 12.6. The first-order chi connectivity index (χ1) is 16.9. The molecular formula is C24H22F2N4O5. The molecule has 2 amide bonds. The predicted molar refractivity (Wildman–Crippen MR) is 126 cm³/mol. The molecule has 11 heteroatoms. The summed E-state index contributed by atoms with van der Waals surface area (Å²) in [5, 5.41) is 13.0. The summed E-state index contributed by atoms with van der Waals surface area (Å²) in [6, 6.07) is 15.9. The van der Waals surface area contributed by atoms with Crippen LogP contribution in [0.3, 0.4) is 0 Å². The molecule has 4 aromatic rings. The van der Waals surface area contributed by atoms with Gasteiger partial charge in [0.25, 0.3) is 0 Å². The van der Waals surface area contributed by atoms with Crippen LogP contribution in [-0.2, 0) is 6.61 Å². The highest BCUT2D eigenvalue weighted by Crippen LogP contribution is 2.29. The number of hydrogen-bond acceptors (Lipinski definition) is 6. The summed E-state index contributed by atoms with van der Waals surface area (Å²) >= 11 is 0. The number of amides is 2. The monoisotopic (exact) mass is 484 g/mol. The zero-order chi connectivity index (χ0) is 24.8. The number of para-hydroxylation sites is 1. The van der Waals surface area contributed by atoms with Gasteiger partial charge in [-0.1, -0.05) is 18.2 Å². The fourth-order valence-electron chi connectivity index (χ4n) is 3.32. The van der Waals surface area contributed by atoms with E-state index >= 15 is 0 Å². The number of alkyl halides is 2. The topological polar surface area (TPSA) is 107 Å². The van der Waals surface area contributed by atoms with E-state index in [0.717, 1.165) is 0 Å². The second-order valence-electron chi connectivity index (χ2n) is 7.23. The SMILES string of the molecule is COc1cc(NC(=O)Nc2n[nH]c3ccc(OCc4ccccc4OC(F)F)cc23)cc(OC)c1. The van der Waals surface area contributed by atoms with Gasteiger partial charge < -0.3 is 24.3 Å². The number of carbonyl (C=O) groups excluding carboxylic acids is 1. The molecule has 0 aliphatic carbocycles. The summed E-state index contributed by atoms with van der Waals surface area (Å²) in [7, 11) is 3.02. The van der Waals surface area contributed by atoms with E-state index in [1.165, 1.54) is 20.3 Å². The molecule has 0 bridgehead atoms. The van der Waals surface area contributed by atoms with Crippen LogP contribution in [0.4, 0.5) is 25.1 Å². The lowest BCUT2D eigenvalue weighted by molar-refractivity contribution is -0.0508. The number of fused-ring (bicyclic) bond motifs is 1. The first-order valence-corrected chi connectivity index (χ1v) is 10.4. The van der Waals surface area contributed by atoms with E-state index in [1.54, 1.807) is 54.6 Å². The highest BCUT2D eigenvalue weighted by Gasteiger charge is 2.13. The van der Waals surface area contributed by atoms with Crippen LogP contribution >= 0.6 is 0 Å². The second-order valence-corrected chi connectivity index (χ2v) is 7.23. The zero-order valence-corrected chi connectivity index (χ0v) is 18.8. The van der Waals surface area contributed by atoms with Gasteiger partial charge in [0, 0.05) is 34.8 Å². The van der Waals surface area contributed by atoms with Gasteiger partial charge >= 0.3 is 12.6 Å². The molecule has 3 N–H and O–H groups in total. The number of methoxy groups -OCH3 is 2. The summed E-state index contributed by atoms with van der Waals surface area (Å²) in [5.74, 6) is 1.81. The minimum Gasteiger partial charge on any atom is -0.497 e. The number of nitrogens with zero attached hydrogens (tertiary/aromatic N) is 1. The Hall–Kier alpha value is -4.54. The molecule has 1 aromatic heterocycles. The van der Waals surface area contributed by atoms with E-state index in [1.807, 2.05) is 0 Å². The quantitative estimate of drug-likeness (QED) is 0.294. The van der Waals surface area contributed by atoms with Crippen molar-refractivity contribution in [3.05, 3.63) is 66.2 Å². The first kappa shape index (κ1) is 23.6. The Bertz CT molecular complexity index is 1310. The number of aromatic amines is 1. The Morgan fingerprint density at radius 3 is 2.43 bits per heavy atom. The Morgan fingerprint density at radius 2 is 1.71 bits per heavy atom. The molecule has 0 radical (unpaired) electrons. The summed E-state index contributed by atoms with van der Waals surface area (Å²) in [6.07, 6.45) is 0. The van der Waals surface area contributed by atoms with Gasteiger partial charge in [0.15, 0.2) is 5.82 Å². The summed E-state index contributed by atoms with van der Waals surface area (Å²) < 4.78 is 46.0. The standard InChI is InChI=1S/C24H22F2N4O5/c1-32-17-9-15(10-18(11-17)33-2)27-24(31)28-22-19-12-16(7-8-20(19)29-30-22)34-13-14-5-3-4-6-21(14)35-23(25)26/h3-12,23H,13H2,1-2H3,(H3,27,28,29,30,31). The van der Waals surface area contributed by atoms with E-state index < -0.39 is 12.6 Å². The van der Waals surface area contributed by atoms with Gasteiger partial charge in [-0.3, -0.25) is 10.4 Å². The van der Waals surface area contributed by atoms with E-state index in [4.69, 9.17) is 14.2 Å². The lowest BCUT2D eigenvalue weighted by Gasteiger charge is -2.12. The molecule has 0 unspecified atom stereocenters. The van der Waals surface area contributed by atoms with Crippen molar-refractivity contribution in [3.8, 4) is 23.0 Å². The van der Waals surface area contributed by atoms with Crippen molar-refractivity contribution in [2.45, 2.75) is 13.2 Å². The summed E-state index contributed by atoms with van der Waals surface area (Å²) in [6.45, 7) is -2.93. The largest absolute Gasteiger partial charge is 0.497 e. The number of halogens is 2. The van der Waals surface area contributed by atoms with E-state index in [2.05, 4.69) is 25.6 Å². The molecule has 0 aliphatic rings. The van der Waals surface area contributed by atoms with Crippen molar-refractivity contribution in [2.75, 3.05) is 24.9 Å². The maximum atomic E-state index is 12.6. The minimum atomic E-state index is -2.93. The van der Waals surface area contributed by atoms with Gasteiger partial charge in [-0.2, -0.15) is 13.9 Å². The smallest absolute Gasteiger partial charge is 0.387 e. The van der Waals surface area contributed by atoms with Crippen LogP contribution in [0, 0.1) is 0 Å². The van der Waals surface area contributed by atoms with Crippen LogP contribution in [-0.4, -0.2) is 37.1 Å². The number of anilines is 2. The van der Waals surface area contributed by atoms with Crippen LogP contribution in [0.5, 0.6) is 23.0 Å². The van der Waals surface area contributed by atoms with Crippen LogP contribution < -0.4 is 29.6 Å². The predicted octanol–water partition coefficient (Wildman–Crippen LogP) is 5.40. The number of rotatable bonds is 9. The number of urea groups is 1. The van der Waals surface area contributed by atoms with Gasteiger partial charge in [-0.25, -0.2) is 4.79 Å². The summed E-state index contributed by atoms with van der Waals surface area (Å²) in [5.41, 5.74) is 1.59. The molecule has 0 saturated heterocycles. The molecule has 182 valence electrons. The molecule has 4 rings (SSSR count). The molecule has 9 nitrogen and oxygen atoms in total. The molecule has 0 aliphatic heterocycles. The average Bonchev–Trinajstić information content (AvgIpc) is 3.24. The normalized spacial score (nSPS) is 10.8. The maximum Gasteiger partial charge on any atom is 0.387 e. The maximum absolute atomic E-state index is 12.6. The van der Waals surface area contributed by atoms with Crippen molar-refractivity contribution in [1.82, 2.24) is 10.2 Å². The number of aromatic nitrogens is 2. The Labute approximate surface area is 198 Å². The number of carbonyl (C=O) groups is 1. The van der Waals surface area contributed by atoms with E-state index in [-0.39, 0.29) is 18.2 Å². The van der Waals surface area contributed by atoms with Crippen LogP contribution in [0.2, 0.25) is 0 Å². The van der Waals surface area contributed by atoms with Gasteiger partial charge in [0.1, 0.15) is 29.6 Å². The molecule has 0 spiro atoms. The van der Waals surface area contributed by atoms with Crippen molar-refractivity contribution >= 4 is 28.4 Å². The lowest BCUT2D eigenvalue weighted by atomic mass is 10.2. The van der Waals surface area contributed by atoms with Crippen molar-refractivity contribution in [1.29, 1.82) is 0 Å². The minimum absolute atomic E-state index is 0.00712. The molecule has 1 heterocycles. The molecule has 0 atom stereocenters. The first-order valence-electron chi connectivity index (χ1n) is 10.4. The highest BCUT2D eigenvalue weighted by atomic mass is 19.3. The van der Waals surface area contributed by atoms with E-state index in [0.29, 0.717) is 39.4 Å². The zero-order valence-electron chi connectivity index (χ0n) is 18.8. The lowest BCUT2D eigenvalue weighted by Crippen LogP contribution is -2.19. The van der Waals surface area contributed by atoms with Crippen molar-refractivity contribution in [2.24, 2.45) is 0 Å². The van der Waals surface area contributed by atoms with Crippen LogP contribution in [0.15, 0.2) is 60.7 Å². The fourth-order valence-corrected chi connectivity index (χ4v) is 3.32. The molecule has 3 aromatic carbocycles. The third-order valence-electron chi connectivity index (χ3n) is 4.96. The van der Waals surface area contributed by atoms with Crippen molar-refractivity contribution in [3.63, 3.8) is 0 Å². The fraction of sp³-hybridized carbons (Fsp3) is 0.167. The van der Waals surface area contributed by atoms with Gasteiger partial charge in [-0.05, 0) is 24.3 Å². The van der Waals surface area contributed by atoms with Gasteiger partial charge in [-0.15, -0.1) is 0 Å². The third kappa shape index (κ3) is 5.88. The van der Waals surface area contributed by atoms with Crippen molar-refractivity contribution < 1.29 is 32.5 Å². The van der Waals surface area contributed by atoms with Crippen LogP contribution in [0.25, 0.3) is 10.9 Å². The average molecular weight is 484 g/mol. The third-order valence-corrected chi connectivity index (χ3v) is 4.96. The molecule has 35 heavy (non-hydrogen) atoms. The van der Waals surface area contributed by atoms with Crippen LogP contribution in [0.1, 0.15) is 5.56 Å². The Morgan fingerprint density at radius 1 is 0.971 bits per heavy atom. The Balaban J connectivity index is 1.47. The van der Waals surface area contributed by atoms with Gasteiger partial charge in [0.2, 0.25) is 0 Å². The second kappa shape index (κ2) is 10.6. The highest BCUT2D eigenvalue weighted by molar-refractivity contribution is 6.04. The number of nitrogens with one attached hydrogen (secondary N) is 3. The number of ether oxygens (including phenoxy) is 4. The number of H-pyrrole nitrogens is 1. The number of hydrogen-bond donors (Lipinski definition) is 3. The molecular weight excluding hydrogens is 462 g/mol. The van der Waals surface area contributed by atoms with Gasteiger partial charge in [0.05, 0.1) is 19.7 Å². The van der Waals surface area contributed by atoms with E-state index in [9.17, 15) is 13.6 Å².